The lowest BCUT2D eigenvalue weighted by molar-refractivity contribution is -0.127. The predicted molar refractivity (Wildman–Crippen MR) is 101 cm³/mol. The molecular weight excluding hydrogens is 381 g/mol. The lowest BCUT2D eigenvalue weighted by Gasteiger charge is -2.16. The Morgan fingerprint density at radius 2 is 1.86 bits per heavy atom. The fourth-order valence-electron chi connectivity index (χ4n) is 3.24. The largest absolute Gasteiger partial charge is 0.454 e. The molecule has 3 amide bonds. The summed E-state index contributed by atoms with van der Waals surface area (Å²) in [5.74, 6) is -0.846. The molecule has 9 heteroatoms. The Kier molecular flexibility index (Phi) is 5.03. The van der Waals surface area contributed by atoms with Crippen LogP contribution in [0, 0.1) is 11.7 Å². The highest BCUT2D eigenvalue weighted by Gasteiger charge is 2.35. The molecule has 1 fully saturated rings. The van der Waals surface area contributed by atoms with Crippen molar-refractivity contribution >= 4 is 29.1 Å². The summed E-state index contributed by atoms with van der Waals surface area (Å²) in [7, 11) is 0. The average Bonchev–Trinajstić information content (AvgIpc) is 3.33. The summed E-state index contributed by atoms with van der Waals surface area (Å²) >= 11 is 0. The number of amides is 3. The summed E-state index contributed by atoms with van der Waals surface area (Å²) in [5.41, 5.74) is 1.05. The Morgan fingerprint density at radius 3 is 2.66 bits per heavy atom. The van der Waals surface area contributed by atoms with Crippen molar-refractivity contribution in [3.05, 3.63) is 48.3 Å². The number of carbonyl (C=O) groups excluding carboxylic acids is 3. The van der Waals surface area contributed by atoms with Crippen LogP contribution in [0.1, 0.15) is 6.42 Å². The van der Waals surface area contributed by atoms with E-state index >= 15 is 0 Å². The normalized spacial score (nSPS) is 17.3. The Labute approximate surface area is 165 Å². The highest BCUT2D eigenvalue weighted by atomic mass is 19.1. The van der Waals surface area contributed by atoms with Crippen molar-refractivity contribution in [2.24, 2.45) is 5.92 Å². The van der Waals surface area contributed by atoms with Crippen LogP contribution in [-0.4, -0.2) is 37.6 Å². The van der Waals surface area contributed by atoms with E-state index in [1.807, 2.05) is 0 Å². The number of anilines is 2. The molecule has 2 N–H and O–H groups in total. The number of halogens is 1. The predicted octanol–water partition coefficient (Wildman–Crippen LogP) is 1.66. The van der Waals surface area contributed by atoms with Gasteiger partial charge in [0.15, 0.2) is 11.5 Å². The van der Waals surface area contributed by atoms with Gasteiger partial charge in [0.05, 0.1) is 12.5 Å². The first-order valence-electron chi connectivity index (χ1n) is 9.03. The van der Waals surface area contributed by atoms with Gasteiger partial charge in [-0.25, -0.2) is 4.39 Å². The Balaban J connectivity index is 1.29. The smallest absolute Gasteiger partial charge is 0.243 e. The van der Waals surface area contributed by atoms with Crippen LogP contribution < -0.4 is 25.0 Å². The van der Waals surface area contributed by atoms with E-state index in [1.54, 1.807) is 18.2 Å². The Bertz CT molecular complexity index is 963. The number of ether oxygens (including phenoxy) is 2. The molecule has 2 aromatic carbocycles. The average molecular weight is 399 g/mol. The first kappa shape index (κ1) is 18.7. The molecule has 0 bridgehead atoms. The van der Waals surface area contributed by atoms with Gasteiger partial charge in [-0.05, 0) is 36.4 Å². The second-order valence-corrected chi connectivity index (χ2v) is 6.72. The summed E-state index contributed by atoms with van der Waals surface area (Å²) in [6.45, 7) is 0.0897. The SMILES string of the molecule is O=C(CNC(=O)[C@H]1CC(=O)N(c2ccc(F)cc2)C1)Nc1ccc2c(c1)OCO2. The second-order valence-electron chi connectivity index (χ2n) is 6.72. The monoisotopic (exact) mass is 399 g/mol. The van der Waals surface area contributed by atoms with E-state index in [0.717, 1.165) is 0 Å². The van der Waals surface area contributed by atoms with E-state index < -0.39 is 17.6 Å². The summed E-state index contributed by atoms with van der Waals surface area (Å²) < 4.78 is 23.5. The fourth-order valence-corrected chi connectivity index (χ4v) is 3.24. The third-order valence-corrected chi connectivity index (χ3v) is 4.71. The van der Waals surface area contributed by atoms with Crippen LogP contribution in [0.25, 0.3) is 0 Å². The minimum absolute atomic E-state index is 0.0347. The third-order valence-electron chi connectivity index (χ3n) is 4.71. The molecule has 0 aliphatic carbocycles. The molecule has 0 radical (unpaired) electrons. The van der Waals surface area contributed by atoms with Gasteiger partial charge >= 0.3 is 0 Å². The third kappa shape index (κ3) is 4.13. The number of carbonyl (C=O) groups is 3. The Morgan fingerprint density at radius 1 is 1.10 bits per heavy atom. The lowest BCUT2D eigenvalue weighted by Crippen LogP contribution is -2.37. The van der Waals surface area contributed by atoms with Crippen molar-refractivity contribution in [3.8, 4) is 11.5 Å². The number of rotatable bonds is 5. The molecule has 4 rings (SSSR count). The van der Waals surface area contributed by atoms with Crippen molar-refractivity contribution in [1.82, 2.24) is 5.32 Å². The number of fused-ring (bicyclic) bond motifs is 1. The molecule has 0 spiro atoms. The zero-order valence-corrected chi connectivity index (χ0v) is 15.3. The number of nitrogens with zero attached hydrogens (tertiary/aromatic N) is 1. The van der Waals surface area contributed by atoms with Crippen molar-refractivity contribution < 1.29 is 28.2 Å². The highest BCUT2D eigenvalue weighted by Crippen LogP contribution is 2.34. The van der Waals surface area contributed by atoms with Gasteiger partial charge in [0.25, 0.3) is 0 Å². The summed E-state index contributed by atoms with van der Waals surface area (Å²) in [6, 6.07) is 10.5. The van der Waals surface area contributed by atoms with Crippen LogP contribution in [0.4, 0.5) is 15.8 Å². The molecule has 0 saturated carbocycles. The number of hydrogen-bond donors (Lipinski definition) is 2. The van der Waals surface area contributed by atoms with Gasteiger partial charge in [-0.1, -0.05) is 0 Å². The molecule has 2 aliphatic rings. The van der Waals surface area contributed by atoms with Crippen LogP contribution in [0.3, 0.4) is 0 Å². The van der Waals surface area contributed by atoms with E-state index in [0.29, 0.717) is 22.9 Å². The highest BCUT2D eigenvalue weighted by molar-refractivity contribution is 6.01. The van der Waals surface area contributed by atoms with E-state index in [-0.39, 0.29) is 38.1 Å². The van der Waals surface area contributed by atoms with Gasteiger partial charge in [0.2, 0.25) is 24.5 Å². The molecule has 8 nitrogen and oxygen atoms in total. The van der Waals surface area contributed by atoms with E-state index in [4.69, 9.17) is 9.47 Å². The molecule has 2 aliphatic heterocycles. The van der Waals surface area contributed by atoms with Crippen molar-refractivity contribution in [2.75, 3.05) is 30.1 Å². The minimum Gasteiger partial charge on any atom is -0.454 e. The van der Waals surface area contributed by atoms with Gasteiger partial charge in [0, 0.05) is 30.4 Å². The minimum atomic E-state index is -0.578. The lowest BCUT2D eigenvalue weighted by atomic mass is 10.1. The van der Waals surface area contributed by atoms with Gasteiger partial charge in [-0.15, -0.1) is 0 Å². The molecule has 0 unspecified atom stereocenters. The molecular formula is C20H18FN3O5. The van der Waals surface area contributed by atoms with Crippen molar-refractivity contribution in [3.63, 3.8) is 0 Å². The maximum Gasteiger partial charge on any atom is 0.243 e. The van der Waals surface area contributed by atoms with E-state index in [9.17, 15) is 18.8 Å². The van der Waals surface area contributed by atoms with E-state index in [1.165, 1.54) is 29.2 Å². The van der Waals surface area contributed by atoms with Crippen LogP contribution in [-0.2, 0) is 14.4 Å². The number of benzene rings is 2. The second kappa shape index (κ2) is 7.78. The number of nitrogens with one attached hydrogen (secondary N) is 2. The standard InChI is InChI=1S/C20H18FN3O5/c21-13-1-4-15(5-2-13)24-10-12(7-19(24)26)20(27)22-9-18(25)23-14-3-6-16-17(8-14)29-11-28-16/h1-6,8,12H,7,9-11H2,(H,22,27)(H,23,25)/t12-/m0/s1. The summed E-state index contributed by atoms with van der Waals surface area (Å²) in [4.78, 5) is 38.1. The van der Waals surface area contributed by atoms with Crippen LogP contribution in [0.15, 0.2) is 42.5 Å². The fraction of sp³-hybridized carbons (Fsp3) is 0.250. The molecule has 1 saturated heterocycles. The molecule has 2 heterocycles. The molecule has 1 atom stereocenters. The quantitative estimate of drug-likeness (QED) is 0.797. The van der Waals surface area contributed by atoms with Crippen LogP contribution in [0.5, 0.6) is 11.5 Å². The molecule has 150 valence electrons. The van der Waals surface area contributed by atoms with Gasteiger partial charge in [0.1, 0.15) is 5.82 Å². The molecule has 29 heavy (non-hydrogen) atoms. The van der Waals surface area contributed by atoms with Gasteiger partial charge in [-0.3, -0.25) is 14.4 Å². The van der Waals surface area contributed by atoms with Gasteiger partial charge < -0.3 is 25.0 Å². The van der Waals surface area contributed by atoms with Crippen molar-refractivity contribution in [2.45, 2.75) is 6.42 Å². The van der Waals surface area contributed by atoms with Crippen LogP contribution in [0.2, 0.25) is 0 Å². The van der Waals surface area contributed by atoms with Crippen molar-refractivity contribution in [1.29, 1.82) is 0 Å². The first-order valence-corrected chi connectivity index (χ1v) is 9.03. The van der Waals surface area contributed by atoms with E-state index in [2.05, 4.69) is 10.6 Å². The number of hydrogen-bond acceptors (Lipinski definition) is 5. The molecule has 0 aromatic heterocycles. The van der Waals surface area contributed by atoms with Gasteiger partial charge in [-0.2, -0.15) is 0 Å². The molecule has 2 aromatic rings. The summed E-state index contributed by atoms with van der Waals surface area (Å²) in [6.07, 6.45) is 0.0347. The maximum absolute atomic E-state index is 13.1. The Hall–Kier alpha value is -3.62. The first-order chi connectivity index (χ1) is 14.0. The van der Waals surface area contributed by atoms with Crippen LogP contribution >= 0.6 is 0 Å². The summed E-state index contributed by atoms with van der Waals surface area (Å²) in [5, 5.41) is 5.22. The maximum atomic E-state index is 13.1. The zero-order chi connectivity index (χ0) is 20.4. The zero-order valence-electron chi connectivity index (χ0n) is 15.3. The topological polar surface area (TPSA) is 97.0 Å².